The molecule has 0 bridgehead atoms. The maximum Gasteiger partial charge on any atom is 0.233 e. The average molecular weight is 371 g/mol. The zero-order chi connectivity index (χ0) is 15.3. The average Bonchev–Trinajstić information content (AvgIpc) is 2.40. The second kappa shape index (κ2) is 6.86. The Balaban J connectivity index is 2.05. The number of hydrogen-bond acceptors (Lipinski definition) is 5. The van der Waals surface area contributed by atoms with E-state index in [-0.39, 0.29) is 11.6 Å². The summed E-state index contributed by atoms with van der Waals surface area (Å²) in [6.07, 6.45) is 0.547. The van der Waals surface area contributed by atoms with Crippen molar-refractivity contribution in [3.05, 3.63) is 40.9 Å². The van der Waals surface area contributed by atoms with E-state index >= 15 is 0 Å². The summed E-state index contributed by atoms with van der Waals surface area (Å²) in [6.45, 7) is 1.80. The minimum atomic E-state index is -3.34. The van der Waals surface area contributed by atoms with Crippen molar-refractivity contribution in [3.63, 3.8) is 0 Å². The van der Waals surface area contributed by atoms with Crippen LogP contribution in [0.4, 0.5) is 17.3 Å². The second-order valence-corrected chi connectivity index (χ2v) is 7.12. The number of nitrogens with zero attached hydrogens (tertiary/aromatic N) is 2. The summed E-state index contributed by atoms with van der Waals surface area (Å²) in [7, 11) is -3.34. The first kappa shape index (κ1) is 15.7. The van der Waals surface area contributed by atoms with Crippen LogP contribution in [0.1, 0.15) is 13.3 Å². The summed E-state index contributed by atoms with van der Waals surface area (Å²) < 4.78 is 26.6. The molecule has 2 N–H and O–H groups in total. The summed E-state index contributed by atoms with van der Waals surface area (Å²) in [5.74, 6) is 0.807. The first-order chi connectivity index (χ1) is 9.98. The Morgan fingerprint density at radius 1 is 1.14 bits per heavy atom. The molecular formula is C13H15BrN4O2S. The predicted molar refractivity (Wildman–Crippen MR) is 87.2 cm³/mol. The molecule has 2 aromatic rings. The lowest BCUT2D eigenvalue weighted by atomic mass is 10.3. The maximum atomic E-state index is 11.6. The lowest BCUT2D eigenvalue weighted by molar-refractivity contribution is 0.599. The highest BCUT2D eigenvalue weighted by Gasteiger charge is 2.09. The molecule has 112 valence electrons. The fourth-order valence-electron chi connectivity index (χ4n) is 1.65. The number of aromatic nitrogens is 2. The topological polar surface area (TPSA) is 84.0 Å². The van der Waals surface area contributed by atoms with Crippen LogP contribution in [-0.2, 0) is 10.0 Å². The summed E-state index contributed by atoms with van der Waals surface area (Å²) in [6, 6.07) is 10.8. The van der Waals surface area contributed by atoms with E-state index in [1.54, 1.807) is 19.1 Å². The van der Waals surface area contributed by atoms with Crippen molar-refractivity contribution in [2.45, 2.75) is 13.3 Å². The van der Waals surface area contributed by atoms with Gasteiger partial charge < -0.3 is 5.32 Å². The highest BCUT2D eigenvalue weighted by Crippen LogP contribution is 2.19. The summed E-state index contributed by atoms with van der Waals surface area (Å²) in [5.41, 5.74) is 0.859. The van der Waals surface area contributed by atoms with Crippen LogP contribution in [0.5, 0.6) is 0 Å². The molecule has 21 heavy (non-hydrogen) atoms. The van der Waals surface area contributed by atoms with Gasteiger partial charge in [0.15, 0.2) is 11.6 Å². The highest BCUT2D eigenvalue weighted by atomic mass is 79.9. The standard InChI is InChI=1S/C13H15BrN4O2S/c1-2-8-21(19,20)18-13-7-6-12(16-17-13)15-11-5-3-4-10(14)9-11/h3-7,9H,2,8H2,1H3,(H,15,16)(H,17,18). The van der Waals surface area contributed by atoms with Crippen LogP contribution >= 0.6 is 15.9 Å². The molecular weight excluding hydrogens is 356 g/mol. The van der Waals surface area contributed by atoms with Crippen LogP contribution in [0.3, 0.4) is 0 Å². The van der Waals surface area contributed by atoms with Crippen molar-refractivity contribution in [1.82, 2.24) is 10.2 Å². The van der Waals surface area contributed by atoms with E-state index in [0.29, 0.717) is 12.2 Å². The maximum absolute atomic E-state index is 11.6. The first-order valence-electron chi connectivity index (χ1n) is 6.35. The minimum absolute atomic E-state index is 0.0622. The molecule has 0 aliphatic rings. The van der Waals surface area contributed by atoms with E-state index in [2.05, 4.69) is 36.2 Å². The smallest absolute Gasteiger partial charge is 0.233 e. The van der Waals surface area contributed by atoms with Crippen molar-refractivity contribution in [2.75, 3.05) is 15.8 Å². The van der Waals surface area contributed by atoms with Crippen molar-refractivity contribution in [1.29, 1.82) is 0 Å². The quantitative estimate of drug-likeness (QED) is 0.815. The molecule has 0 amide bonds. The molecule has 0 aliphatic carbocycles. The van der Waals surface area contributed by atoms with Crippen LogP contribution in [0.25, 0.3) is 0 Å². The zero-order valence-electron chi connectivity index (χ0n) is 11.4. The number of nitrogens with one attached hydrogen (secondary N) is 2. The van der Waals surface area contributed by atoms with Gasteiger partial charge >= 0.3 is 0 Å². The van der Waals surface area contributed by atoms with Crippen molar-refractivity contribution >= 4 is 43.3 Å². The molecule has 1 aromatic heterocycles. The van der Waals surface area contributed by atoms with E-state index in [1.807, 2.05) is 24.3 Å². The van der Waals surface area contributed by atoms with Gasteiger partial charge in [0.25, 0.3) is 0 Å². The molecule has 0 saturated heterocycles. The SMILES string of the molecule is CCCS(=O)(=O)Nc1ccc(Nc2cccc(Br)c2)nn1. The summed E-state index contributed by atoms with van der Waals surface area (Å²) >= 11 is 3.38. The van der Waals surface area contributed by atoms with Gasteiger partial charge in [0.05, 0.1) is 5.75 Å². The molecule has 0 unspecified atom stereocenters. The normalized spacial score (nSPS) is 11.1. The van der Waals surface area contributed by atoms with E-state index in [9.17, 15) is 8.42 Å². The lowest BCUT2D eigenvalue weighted by Gasteiger charge is -2.07. The Hall–Kier alpha value is -1.67. The van der Waals surface area contributed by atoms with Gasteiger partial charge in [0, 0.05) is 10.2 Å². The third-order valence-electron chi connectivity index (χ3n) is 2.49. The molecule has 0 spiro atoms. The third-order valence-corrected chi connectivity index (χ3v) is 4.45. The van der Waals surface area contributed by atoms with Gasteiger partial charge in [-0.2, -0.15) is 0 Å². The van der Waals surface area contributed by atoms with Crippen LogP contribution in [0.2, 0.25) is 0 Å². The van der Waals surface area contributed by atoms with E-state index < -0.39 is 10.0 Å². The fraction of sp³-hybridized carbons (Fsp3) is 0.231. The molecule has 0 saturated carbocycles. The van der Waals surface area contributed by atoms with Crippen molar-refractivity contribution in [2.24, 2.45) is 0 Å². The second-order valence-electron chi connectivity index (χ2n) is 4.36. The van der Waals surface area contributed by atoms with Crippen LogP contribution in [0, 0.1) is 0 Å². The van der Waals surface area contributed by atoms with Gasteiger partial charge in [0.1, 0.15) is 0 Å². The summed E-state index contributed by atoms with van der Waals surface area (Å²) in [4.78, 5) is 0. The van der Waals surface area contributed by atoms with Crippen molar-refractivity contribution in [3.8, 4) is 0 Å². The lowest BCUT2D eigenvalue weighted by Crippen LogP contribution is -2.17. The molecule has 0 fully saturated rings. The number of hydrogen-bond donors (Lipinski definition) is 2. The highest BCUT2D eigenvalue weighted by molar-refractivity contribution is 9.10. The van der Waals surface area contributed by atoms with Gasteiger partial charge in [-0.3, -0.25) is 4.72 Å². The Morgan fingerprint density at radius 2 is 1.86 bits per heavy atom. The van der Waals surface area contributed by atoms with E-state index in [4.69, 9.17) is 0 Å². The summed E-state index contributed by atoms with van der Waals surface area (Å²) in [5, 5.41) is 10.9. The van der Waals surface area contributed by atoms with Crippen molar-refractivity contribution < 1.29 is 8.42 Å². The molecule has 0 atom stereocenters. The first-order valence-corrected chi connectivity index (χ1v) is 8.80. The van der Waals surface area contributed by atoms with E-state index in [1.165, 1.54) is 0 Å². The van der Waals surface area contributed by atoms with Gasteiger partial charge in [-0.15, -0.1) is 10.2 Å². The molecule has 8 heteroatoms. The molecule has 0 radical (unpaired) electrons. The number of benzene rings is 1. The predicted octanol–water partition coefficient (Wildman–Crippen LogP) is 3.13. The largest absolute Gasteiger partial charge is 0.339 e. The molecule has 1 aromatic carbocycles. The Morgan fingerprint density at radius 3 is 2.48 bits per heavy atom. The molecule has 2 rings (SSSR count). The number of halogens is 1. The fourth-order valence-corrected chi connectivity index (χ4v) is 3.11. The van der Waals surface area contributed by atoms with E-state index in [0.717, 1.165) is 10.2 Å². The minimum Gasteiger partial charge on any atom is -0.339 e. The molecule has 6 nitrogen and oxygen atoms in total. The van der Waals surface area contributed by atoms with Gasteiger partial charge in [0.2, 0.25) is 10.0 Å². The van der Waals surface area contributed by atoms with Gasteiger partial charge in [-0.05, 0) is 36.8 Å². The third kappa shape index (κ3) is 4.98. The van der Waals surface area contributed by atoms with Crippen LogP contribution in [-0.4, -0.2) is 24.4 Å². The molecule has 0 aliphatic heterocycles. The number of sulfonamides is 1. The van der Waals surface area contributed by atoms with Crippen LogP contribution in [0.15, 0.2) is 40.9 Å². The van der Waals surface area contributed by atoms with Gasteiger partial charge in [-0.1, -0.05) is 28.9 Å². The number of rotatable bonds is 6. The Labute approximate surface area is 132 Å². The zero-order valence-corrected chi connectivity index (χ0v) is 13.8. The Kier molecular flexibility index (Phi) is 5.13. The molecule has 1 heterocycles. The monoisotopic (exact) mass is 370 g/mol. The number of anilines is 3. The Bertz CT molecular complexity index is 704. The van der Waals surface area contributed by atoms with Gasteiger partial charge in [-0.25, -0.2) is 8.42 Å². The van der Waals surface area contributed by atoms with Crippen LogP contribution < -0.4 is 10.0 Å².